The number of aliphatic imine (C=N–C) groups is 1. The van der Waals surface area contributed by atoms with Crippen molar-refractivity contribution in [2.24, 2.45) is 4.99 Å². The lowest BCUT2D eigenvalue weighted by atomic mass is 10.1. The van der Waals surface area contributed by atoms with Crippen molar-refractivity contribution in [3.63, 3.8) is 0 Å². The highest BCUT2D eigenvalue weighted by atomic mass is 35.5. The Balaban J connectivity index is 1.87. The van der Waals surface area contributed by atoms with Crippen LogP contribution >= 0.6 is 23.2 Å². The van der Waals surface area contributed by atoms with Crippen molar-refractivity contribution in [3.8, 4) is 0 Å². The fourth-order valence-electron chi connectivity index (χ4n) is 2.92. The summed E-state index contributed by atoms with van der Waals surface area (Å²) in [5.74, 6) is 0.978. The number of hydrogen-bond donors (Lipinski definition) is 0. The number of Topliss-reactive ketones (excluding diaryl/α,β-unsaturated/α-hetero) is 1. The summed E-state index contributed by atoms with van der Waals surface area (Å²) in [4.78, 5) is 19.6. The molecule has 0 saturated heterocycles. The second-order valence-electron chi connectivity index (χ2n) is 6.08. The van der Waals surface area contributed by atoms with Gasteiger partial charge in [0.15, 0.2) is 5.78 Å². The number of amidine groups is 1. The number of benzene rings is 2. The van der Waals surface area contributed by atoms with Crippen LogP contribution in [0.1, 0.15) is 36.0 Å². The lowest BCUT2D eigenvalue weighted by Crippen LogP contribution is -2.35. The van der Waals surface area contributed by atoms with Crippen molar-refractivity contribution in [1.29, 1.82) is 0 Å². The van der Waals surface area contributed by atoms with E-state index in [0.717, 1.165) is 37.3 Å². The molecule has 0 aliphatic carbocycles. The van der Waals surface area contributed by atoms with Crippen LogP contribution in [0.25, 0.3) is 0 Å². The van der Waals surface area contributed by atoms with E-state index in [1.807, 2.05) is 35.2 Å². The standard InChI is InChI=1S/C20H20Cl2N2O/c21-17-11-10-15(13-18(17)22)19(25)14-24(16-7-3-1-4-8-16)20-9-5-2-6-12-23-20/h1,3-4,7-8,10-11,13H,2,5-6,9,12,14H2. The number of nitrogens with zero attached hydrogens (tertiary/aromatic N) is 2. The van der Waals surface area contributed by atoms with Gasteiger partial charge in [-0.25, -0.2) is 0 Å². The average molecular weight is 375 g/mol. The Morgan fingerprint density at radius 1 is 1.00 bits per heavy atom. The van der Waals surface area contributed by atoms with Crippen LogP contribution < -0.4 is 4.90 Å². The van der Waals surface area contributed by atoms with Crippen LogP contribution in [-0.4, -0.2) is 24.7 Å². The van der Waals surface area contributed by atoms with E-state index in [0.29, 0.717) is 15.6 Å². The van der Waals surface area contributed by atoms with Crippen LogP contribution in [0.15, 0.2) is 53.5 Å². The zero-order valence-corrected chi connectivity index (χ0v) is 15.4. The maximum atomic E-state index is 12.8. The highest BCUT2D eigenvalue weighted by Crippen LogP contribution is 2.24. The normalized spacial score (nSPS) is 14.6. The zero-order valence-electron chi connectivity index (χ0n) is 13.9. The molecule has 3 rings (SSSR count). The lowest BCUT2D eigenvalue weighted by Gasteiger charge is -2.25. The lowest BCUT2D eigenvalue weighted by molar-refractivity contribution is 0.100. The van der Waals surface area contributed by atoms with Gasteiger partial charge in [0.1, 0.15) is 5.84 Å². The third-order valence-corrected chi connectivity index (χ3v) is 5.01. The molecule has 0 aromatic heterocycles. The fraction of sp³-hybridized carbons (Fsp3) is 0.300. The molecule has 0 unspecified atom stereocenters. The van der Waals surface area contributed by atoms with Crippen molar-refractivity contribution in [3.05, 3.63) is 64.1 Å². The number of carbonyl (C=O) groups is 1. The third-order valence-electron chi connectivity index (χ3n) is 4.28. The summed E-state index contributed by atoms with van der Waals surface area (Å²) in [5.41, 5.74) is 1.54. The van der Waals surface area contributed by atoms with Crippen LogP contribution in [-0.2, 0) is 0 Å². The van der Waals surface area contributed by atoms with Gasteiger partial charge in [0.05, 0.1) is 16.6 Å². The van der Waals surface area contributed by atoms with Crippen molar-refractivity contribution < 1.29 is 4.79 Å². The third kappa shape index (κ3) is 4.62. The number of rotatable bonds is 4. The molecule has 0 fully saturated rings. The number of para-hydroxylation sites is 1. The van der Waals surface area contributed by atoms with E-state index in [1.165, 1.54) is 6.42 Å². The maximum absolute atomic E-state index is 12.8. The first kappa shape index (κ1) is 18.0. The second kappa shape index (κ2) is 8.50. The first-order valence-electron chi connectivity index (χ1n) is 8.49. The molecule has 2 aromatic carbocycles. The van der Waals surface area contributed by atoms with Crippen molar-refractivity contribution in [2.75, 3.05) is 18.0 Å². The van der Waals surface area contributed by atoms with Crippen LogP contribution in [0.5, 0.6) is 0 Å². The van der Waals surface area contributed by atoms with Crippen LogP contribution in [0, 0.1) is 0 Å². The number of halogens is 2. The molecule has 1 aliphatic heterocycles. The van der Waals surface area contributed by atoms with Gasteiger partial charge in [0, 0.05) is 24.2 Å². The Kier molecular flexibility index (Phi) is 6.11. The van der Waals surface area contributed by atoms with Crippen LogP contribution in [0.2, 0.25) is 10.0 Å². The van der Waals surface area contributed by atoms with Gasteiger partial charge < -0.3 is 4.90 Å². The summed E-state index contributed by atoms with van der Waals surface area (Å²) in [6.07, 6.45) is 4.27. The van der Waals surface area contributed by atoms with Gasteiger partial charge in [-0.1, -0.05) is 47.8 Å². The number of ketones is 1. The highest BCUT2D eigenvalue weighted by molar-refractivity contribution is 6.42. The number of hydrogen-bond acceptors (Lipinski definition) is 3. The highest BCUT2D eigenvalue weighted by Gasteiger charge is 2.19. The van der Waals surface area contributed by atoms with Gasteiger partial charge >= 0.3 is 0 Å². The fourth-order valence-corrected chi connectivity index (χ4v) is 3.22. The van der Waals surface area contributed by atoms with Crippen LogP contribution in [0.4, 0.5) is 5.69 Å². The summed E-state index contributed by atoms with van der Waals surface area (Å²) in [5, 5.41) is 0.844. The smallest absolute Gasteiger partial charge is 0.182 e. The molecule has 130 valence electrons. The Morgan fingerprint density at radius 3 is 2.56 bits per heavy atom. The molecule has 0 atom stereocenters. The molecule has 1 aliphatic rings. The predicted molar refractivity (Wildman–Crippen MR) is 105 cm³/mol. The molecule has 0 N–H and O–H groups in total. The Hall–Kier alpha value is -1.84. The van der Waals surface area contributed by atoms with Crippen molar-refractivity contribution >= 4 is 40.5 Å². The quantitative estimate of drug-likeness (QED) is 0.647. The molecule has 1 heterocycles. The van der Waals surface area contributed by atoms with Gasteiger partial charge in [-0.2, -0.15) is 0 Å². The predicted octanol–water partition coefficient (Wildman–Crippen LogP) is 5.66. The average Bonchev–Trinajstić information content (AvgIpc) is 2.92. The SMILES string of the molecule is O=C(CN(C1=NCCCCC1)c1ccccc1)c1ccc(Cl)c(Cl)c1. The van der Waals surface area contributed by atoms with E-state index in [1.54, 1.807) is 18.2 Å². The second-order valence-corrected chi connectivity index (χ2v) is 6.90. The van der Waals surface area contributed by atoms with Gasteiger partial charge in [0.2, 0.25) is 0 Å². The molecule has 2 aromatic rings. The van der Waals surface area contributed by atoms with Crippen molar-refractivity contribution in [2.45, 2.75) is 25.7 Å². The van der Waals surface area contributed by atoms with Gasteiger partial charge in [0.25, 0.3) is 0 Å². The molecule has 0 bridgehead atoms. The van der Waals surface area contributed by atoms with Gasteiger partial charge in [-0.3, -0.25) is 9.79 Å². The maximum Gasteiger partial charge on any atom is 0.182 e. The number of carbonyl (C=O) groups excluding carboxylic acids is 1. The zero-order chi connectivity index (χ0) is 17.6. The molecule has 25 heavy (non-hydrogen) atoms. The van der Waals surface area contributed by atoms with E-state index >= 15 is 0 Å². The first-order valence-corrected chi connectivity index (χ1v) is 9.25. The minimum Gasteiger partial charge on any atom is -0.322 e. The molecule has 3 nitrogen and oxygen atoms in total. The number of anilines is 1. The molecular weight excluding hydrogens is 355 g/mol. The largest absolute Gasteiger partial charge is 0.322 e. The van der Waals surface area contributed by atoms with E-state index < -0.39 is 0 Å². The van der Waals surface area contributed by atoms with Crippen LogP contribution in [0.3, 0.4) is 0 Å². The van der Waals surface area contributed by atoms with Gasteiger partial charge in [-0.15, -0.1) is 0 Å². The van der Waals surface area contributed by atoms with Crippen molar-refractivity contribution in [1.82, 2.24) is 0 Å². The summed E-state index contributed by atoms with van der Waals surface area (Å²) in [6.45, 7) is 1.06. The monoisotopic (exact) mass is 374 g/mol. The molecule has 0 radical (unpaired) electrons. The van der Waals surface area contributed by atoms with E-state index in [4.69, 9.17) is 28.2 Å². The molecule has 5 heteroatoms. The van der Waals surface area contributed by atoms with Gasteiger partial charge in [-0.05, 0) is 43.2 Å². The Labute approximate surface area is 158 Å². The Bertz CT molecular complexity index is 775. The Morgan fingerprint density at radius 2 is 1.80 bits per heavy atom. The topological polar surface area (TPSA) is 32.7 Å². The van der Waals surface area contributed by atoms with E-state index in [2.05, 4.69) is 0 Å². The van der Waals surface area contributed by atoms with E-state index in [-0.39, 0.29) is 12.3 Å². The molecule has 0 saturated carbocycles. The summed E-state index contributed by atoms with van der Waals surface area (Å²) >= 11 is 12.0. The summed E-state index contributed by atoms with van der Waals surface area (Å²) in [6, 6.07) is 14.9. The minimum atomic E-state index is -0.00522. The van der Waals surface area contributed by atoms with E-state index in [9.17, 15) is 4.79 Å². The molecular formula is C20H20Cl2N2O. The minimum absolute atomic E-state index is 0.00522. The summed E-state index contributed by atoms with van der Waals surface area (Å²) < 4.78 is 0. The summed E-state index contributed by atoms with van der Waals surface area (Å²) in [7, 11) is 0. The molecule has 0 spiro atoms. The first-order chi connectivity index (χ1) is 12.1. The molecule has 0 amide bonds.